The number of ether oxygens (including phenoxy) is 1. The lowest BCUT2D eigenvalue weighted by Crippen LogP contribution is -2.38. The van der Waals surface area contributed by atoms with Gasteiger partial charge in [-0.05, 0) is 55.6 Å². The molecule has 146 valence electrons. The minimum atomic E-state index is 0. The molecule has 1 aliphatic rings. The Bertz CT molecular complexity index is 742. The lowest BCUT2D eigenvalue weighted by atomic mass is 9.99. The molecule has 2 aromatic rings. The van der Waals surface area contributed by atoms with Crippen LogP contribution in [0.2, 0.25) is 0 Å². The molecule has 2 unspecified atom stereocenters. The van der Waals surface area contributed by atoms with E-state index in [0.717, 1.165) is 48.5 Å². The van der Waals surface area contributed by atoms with E-state index < -0.39 is 0 Å². The van der Waals surface area contributed by atoms with Crippen molar-refractivity contribution >= 4 is 18.3 Å². The number of carbonyl (C=O) groups excluding carboxylic acids is 1. The fourth-order valence-corrected chi connectivity index (χ4v) is 3.66. The van der Waals surface area contributed by atoms with E-state index in [-0.39, 0.29) is 30.3 Å². The zero-order valence-electron chi connectivity index (χ0n) is 16.3. The Balaban J connectivity index is 0.00000261. The van der Waals surface area contributed by atoms with Gasteiger partial charge in [-0.15, -0.1) is 12.4 Å². The fraction of sp³-hybridized carbons (Fsp3) is 0.409. The van der Waals surface area contributed by atoms with Crippen LogP contribution in [-0.4, -0.2) is 37.6 Å². The van der Waals surface area contributed by atoms with E-state index in [2.05, 4.69) is 49.5 Å². The lowest BCUT2D eigenvalue weighted by molar-refractivity contribution is -0.136. The average molecular weight is 389 g/mol. The molecule has 2 atom stereocenters. The average Bonchev–Trinajstić information content (AvgIpc) is 3.23. The van der Waals surface area contributed by atoms with E-state index in [4.69, 9.17) is 4.74 Å². The SMILES string of the molecule is CCN(C(=O)C1CCNC1)C(C)c1ccc(-c2cccc(OC)c2)cc1.Cl. The number of nitrogens with zero attached hydrogens (tertiary/aromatic N) is 1. The molecule has 1 fully saturated rings. The van der Waals surface area contributed by atoms with Crippen LogP contribution in [0.25, 0.3) is 11.1 Å². The van der Waals surface area contributed by atoms with Gasteiger partial charge in [-0.1, -0.05) is 36.4 Å². The monoisotopic (exact) mass is 388 g/mol. The maximum Gasteiger partial charge on any atom is 0.227 e. The second-order valence-corrected chi connectivity index (χ2v) is 6.84. The van der Waals surface area contributed by atoms with Gasteiger partial charge in [-0.3, -0.25) is 4.79 Å². The number of carbonyl (C=O) groups is 1. The first-order valence-corrected chi connectivity index (χ1v) is 9.39. The van der Waals surface area contributed by atoms with Crippen LogP contribution in [0.15, 0.2) is 48.5 Å². The van der Waals surface area contributed by atoms with Crippen molar-refractivity contribution in [1.82, 2.24) is 10.2 Å². The Morgan fingerprint density at radius 3 is 2.56 bits per heavy atom. The van der Waals surface area contributed by atoms with Crippen molar-refractivity contribution in [2.24, 2.45) is 5.92 Å². The molecule has 1 aliphatic heterocycles. The summed E-state index contributed by atoms with van der Waals surface area (Å²) in [5, 5.41) is 3.29. The van der Waals surface area contributed by atoms with Gasteiger partial charge in [0.05, 0.1) is 19.1 Å². The Hall–Kier alpha value is -2.04. The summed E-state index contributed by atoms with van der Waals surface area (Å²) in [4.78, 5) is 14.8. The molecule has 0 spiro atoms. The van der Waals surface area contributed by atoms with Gasteiger partial charge in [0.1, 0.15) is 5.75 Å². The highest BCUT2D eigenvalue weighted by Gasteiger charge is 2.29. The van der Waals surface area contributed by atoms with Crippen molar-refractivity contribution in [2.45, 2.75) is 26.3 Å². The molecule has 0 aliphatic carbocycles. The van der Waals surface area contributed by atoms with Crippen LogP contribution in [0.1, 0.15) is 31.9 Å². The highest BCUT2D eigenvalue weighted by atomic mass is 35.5. The van der Waals surface area contributed by atoms with Crippen LogP contribution < -0.4 is 10.1 Å². The maximum atomic E-state index is 12.8. The molecule has 1 amide bonds. The summed E-state index contributed by atoms with van der Waals surface area (Å²) in [7, 11) is 1.68. The molecule has 4 nitrogen and oxygen atoms in total. The number of methoxy groups -OCH3 is 1. The molecule has 27 heavy (non-hydrogen) atoms. The second kappa shape index (κ2) is 9.77. The number of hydrogen-bond donors (Lipinski definition) is 1. The Morgan fingerprint density at radius 2 is 1.96 bits per heavy atom. The molecular formula is C22H29ClN2O2. The van der Waals surface area contributed by atoms with Crippen LogP contribution >= 0.6 is 12.4 Å². The number of nitrogens with one attached hydrogen (secondary N) is 1. The highest BCUT2D eigenvalue weighted by Crippen LogP contribution is 2.28. The molecule has 0 bridgehead atoms. The fourth-order valence-electron chi connectivity index (χ4n) is 3.66. The van der Waals surface area contributed by atoms with Crippen molar-refractivity contribution in [2.75, 3.05) is 26.7 Å². The standard InChI is InChI=1S/C22H28N2O2.ClH/c1-4-24(22(25)20-12-13-23-15-20)16(2)17-8-10-18(11-9-17)19-6-5-7-21(14-19)26-3;/h5-11,14,16,20,23H,4,12-13,15H2,1-3H3;1H. The van der Waals surface area contributed by atoms with Crippen molar-refractivity contribution in [3.63, 3.8) is 0 Å². The van der Waals surface area contributed by atoms with Crippen LogP contribution in [0.5, 0.6) is 5.75 Å². The topological polar surface area (TPSA) is 41.6 Å². The van der Waals surface area contributed by atoms with Gasteiger partial charge in [0.25, 0.3) is 0 Å². The Kier molecular flexibility index (Phi) is 7.69. The summed E-state index contributed by atoms with van der Waals surface area (Å²) < 4.78 is 5.31. The van der Waals surface area contributed by atoms with Crippen molar-refractivity contribution < 1.29 is 9.53 Å². The van der Waals surface area contributed by atoms with E-state index in [1.807, 2.05) is 23.1 Å². The summed E-state index contributed by atoms with van der Waals surface area (Å²) in [6.45, 7) is 6.65. The van der Waals surface area contributed by atoms with Gasteiger partial charge >= 0.3 is 0 Å². The van der Waals surface area contributed by atoms with Gasteiger partial charge in [0.15, 0.2) is 0 Å². The first-order chi connectivity index (χ1) is 12.6. The molecule has 2 aromatic carbocycles. The molecule has 3 rings (SSSR count). The predicted octanol–water partition coefficient (Wildman–Crippen LogP) is 4.30. The van der Waals surface area contributed by atoms with Gasteiger partial charge in [-0.25, -0.2) is 0 Å². The molecule has 1 heterocycles. The Morgan fingerprint density at radius 1 is 1.22 bits per heavy atom. The van der Waals surface area contributed by atoms with Gasteiger partial charge in [-0.2, -0.15) is 0 Å². The Labute approximate surface area is 168 Å². The normalized spacial score (nSPS) is 17.1. The quantitative estimate of drug-likeness (QED) is 0.802. The molecule has 5 heteroatoms. The van der Waals surface area contributed by atoms with Gasteiger partial charge < -0.3 is 15.0 Å². The first kappa shape index (κ1) is 21.3. The van der Waals surface area contributed by atoms with Crippen molar-refractivity contribution in [3.8, 4) is 16.9 Å². The molecule has 0 radical (unpaired) electrons. The summed E-state index contributed by atoms with van der Waals surface area (Å²) in [6.07, 6.45) is 0.941. The third-order valence-corrected chi connectivity index (χ3v) is 5.30. The number of hydrogen-bond acceptors (Lipinski definition) is 3. The first-order valence-electron chi connectivity index (χ1n) is 9.39. The summed E-state index contributed by atoms with van der Waals surface area (Å²) in [5.41, 5.74) is 3.44. The molecule has 1 N–H and O–H groups in total. The number of benzene rings is 2. The third kappa shape index (κ3) is 4.82. The zero-order chi connectivity index (χ0) is 18.5. The zero-order valence-corrected chi connectivity index (χ0v) is 17.1. The number of amides is 1. The van der Waals surface area contributed by atoms with Crippen LogP contribution in [0, 0.1) is 5.92 Å². The van der Waals surface area contributed by atoms with Crippen molar-refractivity contribution in [1.29, 1.82) is 0 Å². The summed E-state index contributed by atoms with van der Waals surface area (Å²) in [5.74, 6) is 1.24. The smallest absolute Gasteiger partial charge is 0.227 e. The summed E-state index contributed by atoms with van der Waals surface area (Å²) >= 11 is 0. The lowest BCUT2D eigenvalue weighted by Gasteiger charge is -2.30. The van der Waals surface area contributed by atoms with Crippen molar-refractivity contribution in [3.05, 3.63) is 54.1 Å². The van der Waals surface area contributed by atoms with Crippen LogP contribution in [-0.2, 0) is 4.79 Å². The van der Waals surface area contributed by atoms with E-state index in [0.29, 0.717) is 0 Å². The van der Waals surface area contributed by atoms with Crippen LogP contribution in [0.3, 0.4) is 0 Å². The van der Waals surface area contributed by atoms with E-state index >= 15 is 0 Å². The molecule has 1 saturated heterocycles. The molecular weight excluding hydrogens is 360 g/mol. The molecule has 0 saturated carbocycles. The minimum Gasteiger partial charge on any atom is -0.497 e. The second-order valence-electron chi connectivity index (χ2n) is 6.84. The highest BCUT2D eigenvalue weighted by molar-refractivity contribution is 5.85. The molecule has 0 aromatic heterocycles. The summed E-state index contributed by atoms with van der Waals surface area (Å²) in [6, 6.07) is 16.6. The largest absolute Gasteiger partial charge is 0.497 e. The van der Waals surface area contributed by atoms with Crippen LogP contribution in [0.4, 0.5) is 0 Å². The number of halogens is 1. The third-order valence-electron chi connectivity index (χ3n) is 5.30. The van der Waals surface area contributed by atoms with Gasteiger partial charge in [0, 0.05) is 13.1 Å². The predicted molar refractivity (Wildman–Crippen MR) is 112 cm³/mol. The van der Waals surface area contributed by atoms with Gasteiger partial charge in [0.2, 0.25) is 5.91 Å². The number of rotatable bonds is 6. The van der Waals surface area contributed by atoms with E-state index in [1.165, 1.54) is 0 Å². The van der Waals surface area contributed by atoms with E-state index in [9.17, 15) is 4.79 Å². The minimum absolute atomic E-state index is 0. The maximum absolute atomic E-state index is 12.8. The van der Waals surface area contributed by atoms with E-state index in [1.54, 1.807) is 7.11 Å².